The predicted octanol–water partition coefficient (Wildman–Crippen LogP) is 3.77. The second-order valence-electron chi connectivity index (χ2n) is 5.19. The zero-order valence-electron chi connectivity index (χ0n) is 13.7. The minimum Gasteiger partial charge on any atom is -0.494 e. The van der Waals surface area contributed by atoms with Crippen molar-refractivity contribution in [3.8, 4) is 5.75 Å². The van der Waals surface area contributed by atoms with Crippen molar-refractivity contribution in [2.45, 2.75) is 25.1 Å². The molecule has 126 valence electrons. The van der Waals surface area contributed by atoms with Crippen molar-refractivity contribution in [2.75, 3.05) is 17.7 Å². The van der Waals surface area contributed by atoms with E-state index in [0.29, 0.717) is 12.4 Å². The van der Waals surface area contributed by atoms with E-state index in [1.165, 1.54) is 11.8 Å². The fourth-order valence-electron chi connectivity index (χ4n) is 2.24. The summed E-state index contributed by atoms with van der Waals surface area (Å²) < 4.78 is 7.43. The lowest BCUT2D eigenvalue weighted by molar-refractivity contribution is -0.113. The molecular weight excluding hydrogens is 344 g/mol. The number of carbonyl (C=O) groups is 1. The van der Waals surface area contributed by atoms with Gasteiger partial charge in [-0.25, -0.2) is 4.98 Å². The van der Waals surface area contributed by atoms with Gasteiger partial charge >= 0.3 is 0 Å². The van der Waals surface area contributed by atoms with E-state index < -0.39 is 0 Å². The average Bonchev–Trinajstić information content (AvgIpc) is 3.10. The SMILES string of the molecule is CCOc1ccc2nc(SCC(=O)Nc3c(C)n[nH]c3C)sc2c1. The molecule has 0 spiro atoms. The number of ether oxygens (including phenoxy) is 1. The van der Waals surface area contributed by atoms with Gasteiger partial charge in [0.2, 0.25) is 5.91 Å². The molecule has 8 heteroatoms. The third-order valence-electron chi connectivity index (χ3n) is 3.37. The van der Waals surface area contributed by atoms with Crippen molar-refractivity contribution in [1.82, 2.24) is 15.2 Å². The van der Waals surface area contributed by atoms with Gasteiger partial charge in [-0.3, -0.25) is 9.89 Å². The van der Waals surface area contributed by atoms with Crippen LogP contribution in [0.5, 0.6) is 5.75 Å². The van der Waals surface area contributed by atoms with E-state index >= 15 is 0 Å². The van der Waals surface area contributed by atoms with Crippen molar-refractivity contribution in [2.24, 2.45) is 0 Å². The molecule has 1 aromatic carbocycles. The molecule has 0 saturated carbocycles. The van der Waals surface area contributed by atoms with Crippen LogP contribution in [-0.4, -0.2) is 33.4 Å². The lowest BCUT2D eigenvalue weighted by Crippen LogP contribution is -2.14. The monoisotopic (exact) mass is 362 g/mol. The third-order valence-corrected chi connectivity index (χ3v) is 5.53. The molecule has 0 unspecified atom stereocenters. The maximum absolute atomic E-state index is 12.1. The molecule has 24 heavy (non-hydrogen) atoms. The number of H-pyrrole nitrogens is 1. The fraction of sp³-hybridized carbons (Fsp3) is 0.312. The number of hydrogen-bond acceptors (Lipinski definition) is 6. The molecule has 6 nitrogen and oxygen atoms in total. The maximum Gasteiger partial charge on any atom is 0.234 e. The van der Waals surface area contributed by atoms with Crippen molar-refractivity contribution in [1.29, 1.82) is 0 Å². The first-order valence-electron chi connectivity index (χ1n) is 7.54. The van der Waals surface area contributed by atoms with Gasteiger partial charge in [-0.15, -0.1) is 11.3 Å². The van der Waals surface area contributed by atoms with Crippen molar-refractivity contribution >= 4 is 44.9 Å². The van der Waals surface area contributed by atoms with E-state index in [1.807, 2.05) is 39.0 Å². The first kappa shape index (κ1) is 16.8. The molecule has 0 aliphatic carbocycles. The highest BCUT2D eigenvalue weighted by atomic mass is 32.2. The van der Waals surface area contributed by atoms with Crippen LogP contribution in [0.3, 0.4) is 0 Å². The second-order valence-corrected chi connectivity index (χ2v) is 7.44. The van der Waals surface area contributed by atoms with Crippen LogP contribution in [0, 0.1) is 13.8 Å². The van der Waals surface area contributed by atoms with Crippen LogP contribution in [0.4, 0.5) is 5.69 Å². The average molecular weight is 362 g/mol. The largest absolute Gasteiger partial charge is 0.494 e. The van der Waals surface area contributed by atoms with Gasteiger partial charge in [-0.05, 0) is 39.0 Å². The number of anilines is 1. The second kappa shape index (κ2) is 7.23. The summed E-state index contributed by atoms with van der Waals surface area (Å²) in [5, 5.41) is 9.82. The van der Waals surface area contributed by atoms with Gasteiger partial charge in [0.1, 0.15) is 5.75 Å². The summed E-state index contributed by atoms with van der Waals surface area (Å²) in [6.45, 7) is 6.33. The van der Waals surface area contributed by atoms with E-state index in [2.05, 4.69) is 20.5 Å². The van der Waals surface area contributed by atoms with Crippen molar-refractivity contribution < 1.29 is 9.53 Å². The Morgan fingerprint density at radius 1 is 1.42 bits per heavy atom. The highest BCUT2D eigenvalue weighted by molar-refractivity contribution is 8.01. The number of rotatable bonds is 6. The van der Waals surface area contributed by atoms with Gasteiger partial charge in [0.05, 0.1) is 39.7 Å². The number of fused-ring (bicyclic) bond motifs is 1. The summed E-state index contributed by atoms with van der Waals surface area (Å²) >= 11 is 3.00. The maximum atomic E-state index is 12.1. The normalized spacial score (nSPS) is 11.0. The predicted molar refractivity (Wildman–Crippen MR) is 98.2 cm³/mol. The van der Waals surface area contributed by atoms with Gasteiger partial charge in [0.25, 0.3) is 0 Å². The van der Waals surface area contributed by atoms with Crippen LogP contribution >= 0.6 is 23.1 Å². The fourth-order valence-corrected chi connectivity index (χ4v) is 4.14. The molecule has 0 aliphatic heterocycles. The molecule has 1 amide bonds. The van der Waals surface area contributed by atoms with E-state index in [0.717, 1.165) is 37.4 Å². The number of carbonyl (C=O) groups excluding carboxylic acids is 1. The molecule has 3 rings (SSSR count). The molecule has 0 saturated heterocycles. The minimum absolute atomic E-state index is 0.0677. The number of aromatic amines is 1. The first-order chi connectivity index (χ1) is 11.6. The van der Waals surface area contributed by atoms with Crippen LogP contribution in [0.1, 0.15) is 18.3 Å². The summed E-state index contributed by atoms with van der Waals surface area (Å²) in [5.74, 6) is 1.08. The Balaban J connectivity index is 1.63. The molecule has 0 radical (unpaired) electrons. The minimum atomic E-state index is -0.0677. The first-order valence-corrected chi connectivity index (χ1v) is 9.34. The van der Waals surface area contributed by atoms with Gasteiger partial charge in [-0.2, -0.15) is 5.10 Å². The summed E-state index contributed by atoms with van der Waals surface area (Å²) in [7, 11) is 0. The van der Waals surface area contributed by atoms with E-state index in [1.54, 1.807) is 11.3 Å². The summed E-state index contributed by atoms with van der Waals surface area (Å²) in [6, 6.07) is 5.84. The number of amides is 1. The van der Waals surface area contributed by atoms with Crippen LogP contribution in [0.25, 0.3) is 10.2 Å². The highest BCUT2D eigenvalue weighted by Gasteiger charge is 2.12. The summed E-state index contributed by atoms with van der Waals surface area (Å²) in [5.41, 5.74) is 3.32. The standard InChI is InChI=1S/C16H18N4O2S2/c1-4-22-11-5-6-12-13(7-11)24-16(17-12)23-8-14(21)18-15-9(2)19-20-10(15)3/h5-7H,4,8H2,1-3H3,(H,18,21)(H,19,20). The number of hydrogen-bond donors (Lipinski definition) is 2. The van der Waals surface area contributed by atoms with E-state index in [9.17, 15) is 4.79 Å². The molecular formula is C16H18N4O2S2. The molecule has 0 atom stereocenters. The molecule has 2 aromatic heterocycles. The molecule has 0 aliphatic rings. The van der Waals surface area contributed by atoms with Gasteiger partial charge in [0.15, 0.2) is 4.34 Å². The number of aromatic nitrogens is 3. The van der Waals surface area contributed by atoms with Crippen LogP contribution in [-0.2, 0) is 4.79 Å². The smallest absolute Gasteiger partial charge is 0.234 e. The zero-order chi connectivity index (χ0) is 17.1. The number of nitrogens with zero attached hydrogens (tertiary/aromatic N) is 2. The lowest BCUT2D eigenvalue weighted by atomic mass is 10.3. The van der Waals surface area contributed by atoms with Gasteiger partial charge < -0.3 is 10.1 Å². The summed E-state index contributed by atoms with van der Waals surface area (Å²) in [6.07, 6.45) is 0. The Bertz CT molecular complexity index is 853. The van der Waals surface area contributed by atoms with Crippen LogP contribution in [0.15, 0.2) is 22.5 Å². The summed E-state index contributed by atoms with van der Waals surface area (Å²) in [4.78, 5) is 16.7. The van der Waals surface area contributed by atoms with Gasteiger partial charge in [-0.1, -0.05) is 11.8 Å². The Labute approximate surface area is 148 Å². The molecule has 2 heterocycles. The highest BCUT2D eigenvalue weighted by Crippen LogP contribution is 2.32. The van der Waals surface area contributed by atoms with Crippen molar-refractivity contribution in [3.05, 3.63) is 29.6 Å². The number of nitrogens with one attached hydrogen (secondary N) is 2. The quantitative estimate of drug-likeness (QED) is 0.653. The Kier molecular flexibility index (Phi) is 5.06. The topological polar surface area (TPSA) is 79.9 Å². The Morgan fingerprint density at radius 3 is 2.96 bits per heavy atom. The lowest BCUT2D eigenvalue weighted by Gasteiger charge is -2.03. The molecule has 3 aromatic rings. The van der Waals surface area contributed by atoms with Crippen molar-refractivity contribution in [3.63, 3.8) is 0 Å². The van der Waals surface area contributed by atoms with Gasteiger partial charge in [0, 0.05) is 0 Å². The number of aryl methyl sites for hydroxylation is 2. The van der Waals surface area contributed by atoms with Crippen LogP contribution in [0.2, 0.25) is 0 Å². The number of thiazole rings is 1. The molecule has 2 N–H and O–H groups in total. The van der Waals surface area contributed by atoms with Crippen LogP contribution < -0.4 is 10.1 Å². The Morgan fingerprint density at radius 2 is 2.25 bits per heavy atom. The molecule has 0 bridgehead atoms. The number of thioether (sulfide) groups is 1. The third kappa shape index (κ3) is 3.70. The molecule has 0 fully saturated rings. The van der Waals surface area contributed by atoms with E-state index in [4.69, 9.17) is 4.74 Å². The number of benzene rings is 1. The van der Waals surface area contributed by atoms with E-state index in [-0.39, 0.29) is 5.91 Å². The zero-order valence-corrected chi connectivity index (χ0v) is 15.3. The Hall–Kier alpha value is -2.06.